The summed E-state index contributed by atoms with van der Waals surface area (Å²) < 4.78 is 37.5. The average Bonchev–Trinajstić information content (AvgIpc) is 2.15. The van der Waals surface area contributed by atoms with Crippen molar-refractivity contribution in [3.05, 3.63) is 33.4 Å². The Labute approximate surface area is 85.5 Å². The van der Waals surface area contributed by atoms with Gasteiger partial charge in [-0.05, 0) is 0 Å². The Morgan fingerprint density at radius 1 is 1.56 bits per heavy atom. The number of hydrogen-bond donors (Lipinski definition) is 1. The summed E-state index contributed by atoms with van der Waals surface area (Å²) in [5.41, 5.74) is -3.90. The highest BCUT2D eigenvalue weighted by Gasteiger charge is 2.28. The molecule has 1 rings (SSSR count). The van der Waals surface area contributed by atoms with E-state index in [1.807, 2.05) is 0 Å². The van der Waals surface area contributed by atoms with Crippen molar-refractivity contribution >= 4 is 11.7 Å². The molecule has 1 aromatic rings. The quantitative estimate of drug-likeness (QED) is 0.637. The predicted octanol–water partition coefficient (Wildman–Crippen LogP) is 1.76. The zero-order valence-electron chi connectivity index (χ0n) is 7.35. The number of carbonyl (C=O) groups is 1. The van der Waals surface area contributed by atoms with Crippen LogP contribution in [0.4, 0.5) is 18.9 Å². The van der Waals surface area contributed by atoms with Crippen LogP contribution in [-0.4, -0.2) is 21.0 Å². The second-order valence-corrected chi connectivity index (χ2v) is 2.59. The fourth-order valence-corrected chi connectivity index (χ4v) is 0.950. The molecule has 1 heterocycles. The smallest absolute Gasteiger partial charge is 0.357 e. The van der Waals surface area contributed by atoms with E-state index in [0.717, 1.165) is 0 Å². The maximum absolute atomic E-state index is 12.9. The summed E-state index contributed by atoms with van der Waals surface area (Å²) in [6, 6.07) is 0.109. The van der Waals surface area contributed by atoms with Crippen LogP contribution in [0.25, 0.3) is 0 Å². The molecule has 1 N–H and O–H groups in total. The average molecular weight is 236 g/mol. The number of aromatic nitrogens is 1. The Morgan fingerprint density at radius 2 is 2.12 bits per heavy atom. The van der Waals surface area contributed by atoms with Crippen molar-refractivity contribution in [2.45, 2.75) is 6.43 Å². The van der Waals surface area contributed by atoms with Crippen molar-refractivity contribution in [3.63, 3.8) is 0 Å². The van der Waals surface area contributed by atoms with Crippen LogP contribution in [0.3, 0.4) is 0 Å². The zero-order chi connectivity index (χ0) is 12.5. The van der Waals surface area contributed by atoms with Gasteiger partial charge in [-0.15, -0.1) is 0 Å². The van der Waals surface area contributed by atoms with Gasteiger partial charge >= 0.3 is 5.97 Å². The third-order valence-corrected chi connectivity index (χ3v) is 1.59. The van der Waals surface area contributed by atoms with Crippen LogP contribution in [0.15, 0.2) is 6.07 Å². The number of pyridine rings is 1. The van der Waals surface area contributed by atoms with E-state index in [1.54, 1.807) is 0 Å². The molecule has 0 aliphatic carbocycles. The molecule has 0 unspecified atom stereocenters. The second kappa shape index (κ2) is 4.13. The van der Waals surface area contributed by atoms with Gasteiger partial charge in [0.2, 0.25) is 0 Å². The molecule has 0 saturated carbocycles. The van der Waals surface area contributed by atoms with Gasteiger partial charge in [0.05, 0.1) is 11.0 Å². The van der Waals surface area contributed by atoms with Crippen LogP contribution in [0, 0.1) is 15.9 Å². The summed E-state index contributed by atoms with van der Waals surface area (Å²) >= 11 is 0. The number of carboxylic acid groups (broad SMARTS) is 1. The topological polar surface area (TPSA) is 93.3 Å². The molecule has 0 bridgehead atoms. The highest BCUT2D eigenvalue weighted by Crippen LogP contribution is 2.28. The van der Waals surface area contributed by atoms with E-state index in [9.17, 15) is 28.1 Å². The predicted molar refractivity (Wildman–Crippen MR) is 42.8 cm³/mol. The van der Waals surface area contributed by atoms with E-state index < -0.39 is 40.2 Å². The lowest BCUT2D eigenvalue weighted by molar-refractivity contribution is -0.386. The van der Waals surface area contributed by atoms with Crippen LogP contribution in [-0.2, 0) is 0 Å². The van der Waals surface area contributed by atoms with Crippen molar-refractivity contribution < 1.29 is 28.0 Å². The monoisotopic (exact) mass is 236 g/mol. The molecule has 9 heteroatoms. The lowest BCUT2D eigenvalue weighted by Gasteiger charge is -2.03. The molecule has 6 nitrogen and oxygen atoms in total. The highest BCUT2D eigenvalue weighted by atomic mass is 19.3. The van der Waals surface area contributed by atoms with Crippen molar-refractivity contribution in [1.82, 2.24) is 4.98 Å². The molecule has 0 amide bonds. The molecule has 0 saturated heterocycles. The zero-order valence-corrected chi connectivity index (χ0v) is 7.35. The number of carboxylic acids is 1. The minimum Gasteiger partial charge on any atom is -0.476 e. The van der Waals surface area contributed by atoms with E-state index in [1.165, 1.54) is 0 Å². The Hall–Kier alpha value is -2.19. The molecule has 0 aromatic carbocycles. The molecule has 0 aliphatic rings. The van der Waals surface area contributed by atoms with E-state index in [0.29, 0.717) is 0 Å². The number of halogens is 3. The van der Waals surface area contributed by atoms with Crippen LogP contribution in [0.1, 0.15) is 22.6 Å². The van der Waals surface area contributed by atoms with Gasteiger partial charge in [0.25, 0.3) is 12.1 Å². The fourth-order valence-electron chi connectivity index (χ4n) is 0.950. The third kappa shape index (κ3) is 2.07. The number of rotatable bonds is 3. The molecular weight excluding hydrogens is 233 g/mol. The van der Waals surface area contributed by atoms with Gasteiger partial charge in [0, 0.05) is 0 Å². The van der Waals surface area contributed by atoms with Crippen molar-refractivity contribution in [2.75, 3.05) is 0 Å². The number of hydrogen-bond acceptors (Lipinski definition) is 4. The maximum Gasteiger partial charge on any atom is 0.357 e. The fraction of sp³-hybridized carbons (Fsp3) is 0.143. The first-order chi connectivity index (χ1) is 7.34. The standard InChI is InChI=1S/C7H3F3N2O4/c8-2-1-3(12(15)16)5(6(9)10)11-4(2)7(13)14/h1,6H,(H,13,14). The van der Waals surface area contributed by atoms with E-state index in [-0.39, 0.29) is 6.07 Å². The van der Waals surface area contributed by atoms with Gasteiger partial charge in [-0.3, -0.25) is 10.1 Å². The van der Waals surface area contributed by atoms with Gasteiger partial charge in [0.15, 0.2) is 17.2 Å². The van der Waals surface area contributed by atoms with E-state index in [4.69, 9.17) is 5.11 Å². The summed E-state index contributed by atoms with van der Waals surface area (Å²) in [6.07, 6.45) is -3.36. The summed E-state index contributed by atoms with van der Waals surface area (Å²) in [4.78, 5) is 22.1. The van der Waals surface area contributed by atoms with Crippen LogP contribution in [0.2, 0.25) is 0 Å². The molecule has 16 heavy (non-hydrogen) atoms. The third-order valence-electron chi connectivity index (χ3n) is 1.59. The van der Waals surface area contributed by atoms with Crippen molar-refractivity contribution in [3.8, 4) is 0 Å². The van der Waals surface area contributed by atoms with E-state index >= 15 is 0 Å². The van der Waals surface area contributed by atoms with E-state index in [2.05, 4.69) is 4.98 Å². The highest BCUT2D eigenvalue weighted by molar-refractivity contribution is 5.86. The molecule has 1 aromatic heterocycles. The molecule has 0 atom stereocenters. The minimum atomic E-state index is -3.36. The van der Waals surface area contributed by atoms with Gasteiger partial charge in [-0.1, -0.05) is 0 Å². The Morgan fingerprint density at radius 3 is 2.50 bits per heavy atom. The number of nitro groups is 1. The number of nitrogens with zero attached hydrogens (tertiary/aromatic N) is 2. The summed E-state index contributed by atoms with van der Waals surface area (Å²) in [5, 5.41) is 18.7. The van der Waals surface area contributed by atoms with Gasteiger partial charge in [-0.25, -0.2) is 22.9 Å². The first kappa shape index (κ1) is 11.9. The van der Waals surface area contributed by atoms with Gasteiger partial charge < -0.3 is 5.11 Å². The lowest BCUT2D eigenvalue weighted by Crippen LogP contribution is -2.09. The van der Waals surface area contributed by atoms with Crippen LogP contribution in [0.5, 0.6) is 0 Å². The van der Waals surface area contributed by atoms with Crippen LogP contribution >= 0.6 is 0 Å². The maximum atomic E-state index is 12.9. The Bertz CT molecular complexity index is 463. The van der Waals surface area contributed by atoms with Crippen molar-refractivity contribution in [2.24, 2.45) is 0 Å². The number of aromatic carboxylic acids is 1. The molecule has 86 valence electrons. The largest absolute Gasteiger partial charge is 0.476 e. The Kier molecular flexibility index (Phi) is 3.06. The Balaban J connectivity index is 3.49. The second-order valence-electron chi connectivity index (χ2n) is 2.59. The SMILES string of the molecule is O=C(O)c1nc(C(F)F)c([N+](=O)[O-])cc1F. The molecule has 0 aliphatic heterocycles. The first-order valence-corrected chi connectivity index (χ1v) is 3.71. The van der Waals surface area contributed by atoms with Crippen molar-refractivity contribution in [1.29, 1.82) is 0 Å². The van der Waals surface area contributed by atoms with Gasteiger partial charge in [-0.2, -0.15) is 0 Å². The summed E-state index contributed by atoms with van der Waals surface area (Å²) in [5.74, 6) is -3.42. The first-order valence-electron chi connectivity index (χ1n) is 3.71. The summed E-state index contributed by atoms with van der Waals surface area (Å²) in [6.45, 7) is 0. The van der Waals surface area contributed by atoms with Crippen LogP contribution < -0.4 is 0 Å². The lowest BCUT2D eigenvalue weighted by atomic mass is 10.2. The summed E-state index contributed by atoms with van der Waals surface area (Å²) in [7, 11) is 0. The number of alkyl halides is 2. The molecule has 0 radical (unpaired) electrons. The molecular formula is C7H3F3N2O4. The molecule has 0 fully saturated rings. The normalized spacial score (nSPS) is 10.5. The van der Waals surface area contributed by atoms with Gasteiger partial charge in [0.1, 0.15) is 0 Å². The molecule has 0 spiro atoms. The minimum absolute atomic E-state index is 0.109.